The van der Waals surface area contributed by atoms with Crippen LogP contribution in [0, 0.1) is 0 Å². The van der Waals surface area contributed by atoms with E-state index in [1.54, 1.807) is 6.08 Å². The van der Waals surface area contributed by atoms with E-state index in [4.69, 9.17) is 4.42 Å². The topological polar surface area (TPSA) is 56.9 Å². The lowest BCUT2D eigenvalue weighted by atomic mass is 10.0. The van der Waals surface area contributed by atoms with Gasteiger partial charge in [0.15, 0.2) is 0 Å². The van der Waals surface area contributed by atoms with E-state index >= 15 is 0 Å². The van der Waals surface area contributed by atoms with Crippen LogP contribution in [0.5, 0.6) is 0 Å². The molecule has 0 spiro atoms. The standard InChI is InChI=1S/C24H28N2O3/c1-5-26(6-2)19-12-14-20-22(16-27)21(24(28)29-23(20)15-19)13-9-17-7-10-18(11-8-17)25(3)4/h7-15,27H,5-6,16H2,1-4H3/b13-9+. The lowest BCUT2D eigenvalue weighted by molar-refractivity contribution is 0.282. The molecule has 0 saturated heterocycles. The van der Waals surface area contributed by atoms with Crippen LogP contribution in [0.15, 0.2) is 51.7 Å². The molecule has 0 amide bonds. The molecule has 0 unspecified atom stereocenters. The van der Waals surface area contributed by atoms with Gasteiger partial charge in [-0.05, 0) is 49.8 Å². The number of anilines is 2. The molecule has 1 heterocycles. The number of nitrogens with zero attached hydrogens (tertiary/aromatic N) is 2. The number of benzene rings is 2. The largest absolute Gasteiger partial charge is 0.422 e. The van der Waals surface area contributed by atoms with Crippen LogP contribution < -0.4 is 15.4 Å². The Balaban J connectivity index is 2.02. The summed E-state index contributed by atoms with van der Waals surface area (Å²) in [4.78, 5) is 16.9. The highest BCUT2D eigenvalue weighted by Gasteiger charge is 2.13. The molecule has 0 saturated carbocycles. The Kier molecular flexibility index (Phi) is 6.39. The van der Waals surface area contributed by atoms with Crippen molar-refractivity contribution in [2.45, 2.75) is 20.5 Å². The van der Waals surface area contributed by atoms with Gasteiger partial charge >= 0.3 is 5.63 Å². The van der Waals surface area contributed by atoms with Crippen LogP contribution >= 0.6 is 0 Å². The first kappa shape index (κ1) is 20.7. The molecule has 3 aromatic rings. The highest BCUT2D eigenvalue weighted by molar-refractivity contribution is 5.87. The molecule has 0 radical (unpaired) electrons. The fourth-order valence-electron chi connectivity index (χ4n) is 3.46. The number of fused-ring (bicyclic) bond motifs is 1. The summed E-state index contributed by atoms with van der Waals surface area (Å²) in [6.45, 7) is 5.68. The van der Waals surface area contributed by atoms with E-state index in [1.807, 2.05) is 67.5 Å². The van der Waals surface area contributed by atoms with E-state index in [1.165, 1.54) is 0 Å². The zero-order valence-electron chi connectivity index (χ0n) is 17.5. The highest BCUT2D eigenvalue weighted by Crippen LogP contribution is 2.26. The summed E-state index contributed by atoms with van der Waals surface area (Å²) in [5, 5.41) is 10.7. The van der Waals surface area contributed by atoms with Crippen molar-refractivity contribution in [2.24, 2.45) is 0 Å². The zero-order valence-corrected chi connectivity index (χ0v) is 17.5. The van der Waals surface area contributed by atoms with Crippen molar-refractivity contribution in [1.82, 2.24) is 0 Å². The molecule has 5 nitrogen and oxygen atoms in total. The number of hydrogen-bond donors (Lipinski definition) is 1. The Hall–Kier alpha value is -3.05. The SMILES string of the molecule is CCN(CC)c1ccc2c(CO)c(/C=C/c3ccc(N(C)C)cc3)c(=O)oc2c1. The van der Waals surface area contributed by atoms with Gasteiger partial charge in [-0.2, -0.15) is 0 Å². The third kappa shape index (κ3) is 4.35. The predicted octanol–water partition coefficient (Wildman–Crippen LogP) is 4.37. The zero-order chi connectivity index (χ0) is 21.0. The van der Waals surface area contributed by atoms with Crippen molar-refractivity contribution < 1.29 is 9.52 Å². The van der Waals surface area contributed by atoms with E-state index < -0.39 is 5.63 Å². The molecule has 3 rings (SSSR count). The molecule has 0 bridgehead atoms. The van der Waals surface area contributed by atoms with Crippen molar-refractivity contribution >= 4 is 34.5 Å². The van der Waals surface area contributed by atoms with Gasteiger partial charge < -0.3 is 19.3 Å². The van der Waals surface area contributed by atoms with E-state index in [9.17, 15) is 9.90 Å². The molecule has 0 atom stereocenters. The van der Waals surface area contributed by atoms with E-state index in [0.29, 0.717) is 16.7 Å². The predicted molar refractivity (Wildman–Crippen MR) is 122 cm³/mol. The Morgan fingerprint density at radius 1 is 0.966 bits per heavy atom. The highest BCUT2D eigenvalue weighted by atomic mass is 16.4. The second-order valence-electron chi connectivity index (χ2n) is 7.11. The summed E-state index contributed by atoms with van der Waals surface area (Å²) in [6.07, 6.45) is 3.58. The minimum absolute atomic E-state index is 0.230. The van der Waals surface area contributed by atoms with Gasteiger partial charge in [-0.3, -0.25) is 0 Å². The fraction of sp³-hybridized carbons (Fsp3) is 0.292. The Morgan fingerprint density at radius 2 is 1.62 bits per heavy atom. The van der Waals surface area contributed by atoms with Gasteiger partial charge in [0.1, 0.15) is 5.58 Å². The van der Waals surface area contributed by atoms with Crippen molar-refractivity contribution in [2.75, 3.05) is 37.0 Å². The van der Waals surface area contributed by atoms with Gasteiger partial charge in [-0.1, -0.05) is 18.2 Å². The van der Waals surface area contributed by atoms with Crippen molar-refractivity contribution in [3.8, 4) is 0 Å². The molecule has 5 heteroatoms. The van der Waals surface area contributed by atoms with Crippen LogP contribution in [0.25, 0.3) is 23.1 Å². The summed E-state index contributed by atoms with van der Waals surface area (Å²) in [7, 11) is 3.98. The fourth-order valence-corrected chi connectivity index (χ4v) is 3.46. The minimum Gasteiger partial charge on any atom is -0.422 e. The maximum Gasteiger partial charge on any atom is 0.343 e. The number of rotatable bonds is 7. The minimum atomic E-state index is -0.445. The van der Waals surface area contributed by atoms with Crippen LogP contribution in [0.2, 0.25) is 0 Å². The first-order valence-electron chi connectivity index (χ1n) is 9.89. The maximum atomic E-state index is 12.6. The van der Waals surface area contributed by atoms with Gasteiger partial charge in [-0.25, -0.2) is 4.79 Å². The second kappa shape index (κ2) is 8.97. The molecule has 0 fully saturated rings. The molecular weight excluding hydrogens is 364 g/mol. The molecule has 1 N–H and O–H groups in total. The third-order valence-electron chi connectivity index (χ3n) is 5.18. The molecule has 152 valence electrons. The molecule has 0 aliphatic heterocycles. The van der Waals surface area contributed by atoms with Gasteiger partial charge in [0, 0.05) is 55.6 Å². The molecule has 1 aromatic heterocycles. The van der Waals surface area contributed by atoms with Crippen LogP contribution in [0.1, 0.15) is 30.5 Å². The summed E-state index contributed by atoms with van der Waals surface area (Å²) in [5.74, 6) is 0. The normalized spacial score (nSPS) is 11.3. The number of aliphatic hydroxyl groups is 1. The lowest BCUT2D eigenvalue weighted by Gasteiger charge is -2.21. The molecule has 2 aromatic carbocycles. The van der Waals surface area contributed by atoms with Crippen LogP contribution in [0.4, 0.5) is 11.4 Å². The van der Waals surface area contributed by atoms with E-state index in [2.05, 4.69) is 18.7 Å². The smallest absolute Gasteiger partial charge is 0.343 e. The van der Waals surface area contributed by atoms with Crippen LogP contribution in [0.3, 0.4) is 0 Å². The second-order valence-corrected chi connectivity index (χ2v) is 7.11. The average molecular weight is 392 g/mol. The van der Waals surface area contributed by atoms with Crippen molar-refractivity contribution in [3.63, 3.8) is 0 Å². The average Bonchev–Trinajstić information content (AvgIpc) is 2.73. The number of hydrogen-bond acceptors (Lipinski definition) is 5. The van der Waals surface area contributed by atoms with Crippen molar-refractivity contribution in [1.29, 1.82) is 0 Å². The first-order valence-corrected chi connectivity index (χ1v) is 9.89. The van der Waals surface area contributed by atoms with Gasteiger partial charge in [-0.15, -0.1) is 0 Å². The third-order valence-corrected chi connectivity index (χ3v) is 5.18. The van der Waals surface area contributed by atoms with Crippen LogP contribution in [-0.2, 0) is 6.61 Å². The summed E-state index contributed by atoms with van der Waals surface area (Å²) < 4.78 is 5.60. The number of aliphatic hydroxyl groups excluding tert-OH is 1. The van der Waals surface area contributed by atoms with E-state index in [-0.39, 0.29) is 6.61 Å². The Morgan fingerprint density at radius 3 is 2.21 bits per heavy atom. The summed E-state index contributed by atoms with van der Waals surface area (Å²) in [6, 6.07) is 13.8. The van der Waals surface area contributed by atoms with Gasteiger partial charge in [0.05, 0.1) is 12.2 Å². The molecular formula is C24H28N2O3. The molecule has 29 heavy (non-hydrogen) atoms. The molecule has 0 aliphatic carbocycles. The Bertz CT molecular complexity index is 1060. The van der Waals surface area contributed by atoms with E-state index in [0.717, 1.165) is 35.4 Å². The molecule has 0 aliphatic rings. The monoisotopic (exact) mass is 392 g/mol. The Labute approximate surface area is 171 Å². The first-order chi connectivity index (χ1) is 14.0. The summed E-state index contributed by atoms with van der Waals surface area (Å²) >= 11 is 0. The lowest BCUT2D eigenvalue weighted by Crippen LogP contribution is -2.21. The van der Waals surface area contributed by atoms with Crippen molar-refractivity contribution in [3.05, 3.63) is 69.6 Å². The summed E-state index contributed by atoms with van der Waals surface area (Å²) in [5.41, 5.74) is 4.09. The van der Waals surface area contributed by atoms with Gasteiger partial charge in [0.2, 0.25) is 0 Å². The van der Waals surface area contributed by atoms with Gasteiger partial charge in [0.25, 0.3) is 0 Å². The quantitative estimate of drug-likeness (QED) is 0.605. The van der Waals surface area contributed by atoms with Crippen LogP contribution in [-0.4, -0.2) is 32.3 Å². The maximum absolute atomic E-state index is 12.6.